The van der Waals surface area contributed by atoms with Gasteiger partial charge in [0.2, 0.25) is 0 Å². The highest BCUT2D eigenvalue weighted by atomic mass is 19.1. The number of likely N-dealkylation sites (tertiary alicyclic amines) is 1. The smallest absolute Gasteiger partial charge is 0.129 e. The largest absolute Gasteiger partial charge is 0.496 e. The fraction of sp³-hybridized carbons (Fsp3) is 0.600. The Labute approximate surface area is 114 Å². The third kappa shape index (κ3) is 2.74. The zero-order valence-corrected chi connectivity index (χ0v) is 11.9. The average molecular weight is 266 g/mol. The first kappa shape index (κ1) is 14.3. The van der Waals surface area contributed by atoms with Gasteiger partial charge in [0.1, 0.15) is 11.9 Å². The summed E-state index contributed by atoms with van der Waals surface area (Å²) < 4.78 is 19.1. The van der Waals surface area contributed by atoms with E-state index in [4.69, 9.17) is 10.5 Å². The van der Waals surface area contributed by atoms with Gasteiger partial charge in [-0.15, -0.1) is 0 Å². The van der Waals surface area contributed by atoms with Crippen LogP contribution in [0.2, 0.25) is 0 Å². The summed E-state index contributed by atoms with van der Waals surface area (Å²) in [6.45, 7) is 3.23. The molecule has 3 unspecified atom stereocenters. The SMILES string of the molecule is COc1c(C(C)F)cccc1C1CC(CN)CN1C. The Morgan fingerprint density at radius 1 is 1.53 bits per heavy atom. The molecule has 1 aromatic rings. The molecule has 2 N–H and O–H groups in total. The molecular weight excluding hydrogens is 243 g/mol. The predicted octanol–water partition coefficient (Wildman–Crippen LogP) is 2.68. The molecule has 1 aliphatic rings. The van der Waals surface area contributed by atoms with Crippen LogP contribution in [0.5, 0.6) is 5.75 Å². The summed E-state index contributed by atoms with van der Waals surface area (Å²) in [6, 6.07) is 6.00. The van der Waals surface area contributed by atoms with Gasteiger partial charge in [-0.3, -0.25) is 4.90 Å². The summed E-state index contributed by atoms with van der Waals surface area (Å²) in [5.74, 6) is 1.19. The number of rotatable bonds is 4. The Morgan fingerprint density at radius 2 is 2.26 bits per heavy atom. The first-order valence-corrected chi connectivity index (χ1v) is 6.79. The van der Waals surface area contributed by atoms with Gasteiger partial charge in [0, 0.05) is 23.7 Å². The predicted molar refractivity (Wildman–Crippen MR) is 75.0 cm³/mol. The van der Waals surface area contributed by atoms with Crippen LogP contribution in [0.4, 0.5) is 4.39 Å². The van der Waals surface area contributed by atoms with Gasteiger partial charge < -0.3 is 10.5 Å². The van der Waals surface area contributed by atoms with E-state index in [-0.39, 0.29) is 6.04 Å². The maximum atomic E-state index is 13.7. The second-order valence-corrected chi connectivity index (χ2v) is 5.38. The van der Waals surface area contributed by atoms with Gasteiger partial charge in [0.05, 0.1) is 7.11 Å². The van der Waals surface area contributed by atoms with Crippen molar-refractivity contribution in [1.82, 2.24) is 4.90 Å². The molecule has 0 aliphatic carbocycles. The number of hydrogen-bond acceptors (Lipinski definition) is 3. The third-order valence-electron chi connectivity index (χ3n) is 4.04. The van der Waals surface area contributed by atoms with Crippen molar-refractivity contribution in [2.75, 3.05) is 27.2 Å². The molecule has 0 saturated carbocycles. The minimum absolute atomic E-state index is 0.266. The number of para-hydroxylation sites is 1. The van der Waals surface area contributed by atoms with E-state index in [2.05, 4.69) is 11.9 Å². The van der Waals surface area contributed by atoms with Gasteiger partial charge in [-0.2, -0.15) is 0 Å². The second-order valence-electron chi connectivity index (χ2n) is 5.38. The molecule has 0 aromatic heterocycles. The zero-order valence-electron chi connectivity index (χ0n) is 11.9. The molecule has 1 aliphatic heterocycles. The van der Waals surface area contributed by atoms with Crippen LogP contribution in [0.15, 0.2) is 18.2 Å². The van der Waals surface area contributed by atoms with Crippen LogP contribution >= 0.6 is 0 Å². The molecule has 0 spiro atoms. The highest BCUT2D eigenvalue weighted by Gasteiger charge is 2.32. The number of methoxy groups -OCH3 is 1. The number of ether oxygens (including phenoxy) is 1. The monoisotopic (exact) mass is 266 g/mol. The van der Waals surface area contributed by atoms with Crippen molar-refractivity contribution < 1.29 is 9.13 Å². The molecule has 1 aromatic carbocycles. The molecule has 1 fully saturated rings. The van der Waals surface area contributed by atoms with Gasteiger partial charge in [0.25, 0.3) is 0 Å². The van der Waals surface area contributed by atoms with E-state index in [0.29, 0.717) is 23.8 Å². The number of hydrogen-bond donors (Lipinski definition) is 1. The van der Waals surface area contributed by atoms with E-state index in [1.807, 2.05) is 12.1 Å². The van der Waals surface area contributed by atoms with Gasteiger partial charge in [0.15, 0.2) is 0 Å². The summed E-state index contributed by atoms with van der Waals surface area (Å²) in [5.41, 5.74) is 7.47. The third-order valence-corrected chi connectivity index (χ3v) is 4.04. The molecule has 1 heterocycles. The lowest BCUT2D eigenvalue weighted by molar-refractivity contribution is 0.297. The number of halogens is 1. The molecule has 3 atom stereocenters. The van der Waals surface area contributed by atoms with Crippen molar-refractivity contribution in [3.8, 4) is 5.75 Å². The molecule has 0 amide bonds. The number of alkyl halides is 1. The normalized spacial score (nSPS) is 25.5. The van der Waals surface area contributed by atoms with E-state index in [1.54, 1.807) is 20.1 Å². The van der Waals surface area contributed by atoms with Crippen molar-refractivity contribution in [2.45, 2.75) is 25.6 Å². The number of benzene rings is 1. The molecule has 1 saturated heterocycles. The van der Waals surface area contributed by atoms with Crippen LogP contribution in [0, 0.1) is 5.92 Å². The first-order valence-electron chi connectivity index (χ1n) is 6.79. The topological polar surface area (TPSA) is 38.5 Å². The van der Waals surface area contributed by atoms with Gasteiger partial charge in [-0.05, 0) is 32.9 Å². The van der Waals surface area contributed by atoms with E-state index < -0.39 is 6.17 Å². The molecule has 3 nitrogen and oxygen atoms in total. The van der Waals surface area contributed by atoms with E-state index in [0.717, 1.165) is 18.5 Å². The van der Waals surface area contributed by atoms with E-state index in [1.165, 1.54) is 0 Å². The van der Waals surface area contributed by atoms with Gasteiger partial charge >= 0.3 is 0 Å². The van der Waals surface area contributed by atoms with Crippen LogP contribution in [0.3, 0.4) is 0 Å². The lowest BCUT2D eigenvalue weighted by Crippen LogP contribution is -2.21. The fourth-order valence-electron chi connectivity index (χ4n) is 3.02. The fourth-order valence-corrected chi connectivity index (χ4v) is 3.02. The maximum Gasteiger partial charge on any atom is 0.129 e. The standard InChI is InChI=1S/C15H23FN2O/c1-10(16)12-5-4-6-13(15(12)19-3)14-7-11(8-17)9-18(14)2/h4-6,10-11,14H,7-9,17H2,1-3H3. The minimum atomic E-state index is -1.02. The van der Waals surface area contributed by atoms with Gasteiger partial charge in [-0.25, -0.2) is 4.39 Å². The second kappa shape index (κ2) is 5.88. The van der Waals surface area contributed by atoms with Crippen LogP contribution < -0.4 is 10.5 Å². The Balaban J connectivity index is 2.37. The van der Waals surface area contributed by atoms with E-state index in [9.17, 15) is 4.39 Å². The first-order chi connectivity index (χ1) is 9.08. The molecule has 2 rings (SSSR count). The number of nitrogens with zero attached hydrogens (tertiary/aromatic N) is 1. The Bertz CT molecular complexity index is 436. The van der Waals surface area contributed by atoms with Crippen molar-refractivity contribution in [1.29, 1.82) is 0 Å². The highest BCUT2D eigenvalue weighted by molar-refractivity contribution is 5.44. The Hall–Kier alpha value is -1.13. The molecule has 0 bridgehead atoms. The zero-order chi connectivity index (χ0) is 14.0. The van der Waals surface area contributed by atoms with E-state index >= 15 is 0 Å². The summed E-state index contributed by atoms with van der Waals surface area (Å²) in [6.07, 6.45) is -0.0140. The van der Waals surface area contributed by atoms with Crippen LogP contribution in [0.25, 0.3) is 0 Å². The summed E-state index contributed by atoms with van der Waals surface area (Å²) in [7, 11) is 3.70. The van der Waals surface area contributed by atoms with Crippen molar-refractivity contribution in [2.24, 2.45) is 11.7 Å². The van der Waals surface area contributed by atoms with Crippen molar-refractivity contribution in [3.63, 3.8) is 0 Å². The minimum Gasteiger partial charge on any atom is -0.496 e. The summed E-state index contributed by atoms with van der Waals surface area (Å²) in [5, 5.41) is 0. The lowest BCUT2D eigenvalue weighted by atomic mass is 9.96. The molecule has 4 heteroatoms. The average Bonchev–Trinajstić information content (AvgIpc) is 2.78. The Morgan fingerprint density at radius 3 is 2.79 bits per heavy atom. The number of nitrogens with two attached hydrogens (primary N) is 1. The summed E-state index contributed by atoms with van der Waals surface area (Å²) >= 11 is 0. The Kier molecular flexibility index (Phi) is 4.42. The lowest BCUT2D eigenvalue weighted by Gasteiger charge is -2.23. The molecule has 19 heavy (non-hydrogen) atoms. The highest BCUT2D eigenvalue weighted by Crippen LogP contribution is 2.41. The summed E-state index contributed by atoms with van der Waals surface area (Å²) in [4.78, 5) is 2.28. The van der Waals surface area contributed by atoms with Crippen molar-refractivity contribution >= 4 is 0 Å². The quantitative estimate of drug-likeness (QED) is 0.910. The van der Waals surface area contributed by atoms with Crippen LogP contribution in [-0.2, 0) is 0 Å². The molecule has 0 radical (unpaired) electrons. The molecule has 106 valence electrons. The van der Waals surface area contributed by atoms with Crippen LogP contribution in [-0.4, -0.2) is 32.1 Å². The van der Waals surface area contributed by atoms with Crippen LogP contribution in [0.1, 0.15) is 36.7 Å². The molecular formula is C15H23FN2O. The maximum absolute atomic E-state index is 13.7. The van der Waals surface area contributed by atoms with Crippen molar-refractivity contribution in [3.05, 3.63) is 29.3 Å². The van der Waals surface area contributed by atoms with Gasteiger partial charge in [-0.1, -0.05) is 18.2 Å².